The third kappa shape index (κ3) is 5220. The predicted molar refractivity (Wildman–Crippen MR) is 24.0 cm³/mol. The van der Waals surface area contributed by atoms with Crippen molar-refractivity contribution in [3.63, 3.8) is 0 Å². The zero-order valence-electron chi connectivity index (χ0n) is 4.43. The first-order valence-corrected chi connectivity index (χ1v) is 1.82. The molecule has 2 nitrogen and oxygen atoms in total. The highest BCUT2D eigenvalue weighted by Crippen LogP contribution is 1.65. The molecule has 6 heavy (non-hydrogen) atoms. The van der Waals surface area contributed by atoms with E-state index in [9.17, 15) is 0 Å². The fourth-order valence-corrected chi connectivity index (χ4v) is 0. The zero-order chi connectivity index (χ0) is 5.58. The minimum Gasteiger partial charge on any atom is -0.394 e. The minimum atomic E-state index is -0.167. The van der Waals surface area contributed by atoms with Gasteiger partial charge >= 0.3 is 0 Å². The van der Waals surface area contributed by atoms with E-state index in [0.717, 1.165) is 7.11 Å². The van der Waals surface area contributed by atoms with Crippen LogP contribution in [0.15, 0.2) is 0 Å². The molecule has 0 rings (SSSR count). The first-order chi connectivity index (χ1) is 2.73. The van der Waals surface area contributed by atoms with E-state index in [1.807, 2.05) is 0 Å². The highest BCUT2D eigenvalue weighted by atomic mass is 16.3. The van der Waals surface area contributed by atoms with Crippen LogP contribution in [0.5, 0.6) is 0 Å². The third-order valence-electron chi connectivity index (χ3n) is 0. The molecule has 0 fully saturated rings. The Labute approximate surface area is 38.4 Å². The van der Waals surface area contributed by atoms with Gasteiger partial charge in [-0.15, -0.1) is 0 Å². The summed E-state index contributed by atoms with van der Waals surface area (Å²) < 4.78 is 0. The summed E-state index contributed by atoms with van der Waals surface area (Å²) in [5.41, 5.74) is 0. The average Bonchev–Trinajstić information content (AvgIpc) is 1.41. The zero-order valence-corrected chi connectivity index (χ0v) is 4.43. The molecule has 0 aromatic heterocycles. The van der Waals surface area contributed by atoms with Crippen molar-refractivity contribution in [1.82, 2.24) is 0 Å². The third-order valence-corrected chi connectivity index (χ3v) is 0. The number of hydrogen-bond acceptors (Lipinski definition) is 1. The molecule has 39 valence electrons. The molecule has 0 bridgehead atoms. The maximum atomic E-state index is 8.25. The Kier molecular flexibility index (Phi) is 13.8. The van der Waals surface area contributed by atoms with E-state index < -0.39 is 0 Å². The quantitative estimate of drug-likeness (QED) is 0.461. The number of hydrogen-bond donors (Lipinski definition) is 1. The molecule has 0 spiro atoms. The SMILES string of the molecule is CC(C)O.C[O]. The summed E-state index contributed by atoms with van der Waals surface area (Å²) >= 11 is 0. The fourth-order valence-electron chi connectivity index (χ4n) is 0. The minimum absolute atomic E-state index is 0.167. The normalized spacial score (nSPS) is 7.00. The van der Waals surface area contributed by atoms with Gasteiger partial charge in [0.25, 0.3) is 0 Å². The van der Waals surface area contributed by atoms with Crippen LogP contribution in [0.25, 0.3) is 0 Å². The number of rotatable bonds is 0. The van der Waals surface area contributed by atoms with Crippen LogP contribution in [-0.4, -0.2) is 18.3 Å². The van der Waals surface area contributed by atoms with Crippen molar-refractivity contribution in [2.75, 3.05) is 7.11 Å². The predicted octanol–water partition coefficient (Wildman–Crippen LogP) is 0.434. The second kappa shape index (κ2) is 8.87. The van der Waals surface area contributed by atoms with Gasteiger partial charge in [-0.1, -0.05) is 0 Å². The summed E-state index contributed by atoms with van der Waals surface area (Å²) in [7, 11) is 0.750. The lowest BCUT2D eigenvalue weighted by Gasteiger charge is -1.80. The first-order valence-electron chi connectivity index (χ1n) is 1.82. The molecule has 1 N–H and O–H groups in total. The molecule has 0 heterocycles. The fraction of sp³-hybridized carbons (Fsp3) is 1.00. The van der Waals surface area contributed by atoms with Crippen LogP contribution in [0.2, 0.25) is 0 Å². The smallest absolute Gasteiger partial charge is 0.0712 e. The molecule has 2 heteroatoms. The van der Waals surface area contributed by atoms with Gasteiger partial charge in [0.15, 0.2) is 0 Å². The van der Waals surface area contributed by atoms with Crippen molar-refractivity contribution in [3.8, 4) is 0 Å². The van der Waals surface area contributed by atoms with E-state index in [0.29, 0.717) is 0 Å². The first kappa shape index (κ1) is 9.33. The van der Waals surface area contributed by atoms with E-state index >= 15 is 0 Å². The lowest BCUT2D eigenvalue weighted by Crippen LogP contribution is -1.85. The molecular formula is C4H11O2. The molecule has 0 aliphatic carbocycles. The molecule has 0 atom stereocenters. The monoisotopic (exact) mass is 91.1 g/mol. The van der Waals surface area contributed by atoms with E-state index in [4.69, 9.17) is 10.2 Å². The summed E-state index contributed by atoms with van der Waals surface area (Å²) in [6.45, 7) is 3.44. The summed E-state index contributed by atoms with van der Waals surface area (Å²) in [6, 6.07) is 0. The van der Waals surface area contributed by atoms with Crippen molar-refractivity contribution >= 4 is 0 Å². The van der Waals surface area contributed by atoms with Crippen molar-refractivity contribution in [1.29, 1.82) is 0 Å². The Morgan fingerprint density at radius 2 is 1.33 bits per heavy atom. The van der Waals surface area contributed by atoms with Crippen molar-refractivity contribution in [2.24, 2.45) is 0 Å². The van der Waals surface area contributed by atoms with Crippen LogP contribution in [0.4, 0.5) is 0 Å². The lowest BCUT2D eigenvalue weighted by atomic mass is 10.5. The Morgan fingerprint density at radius 3 is 1.33 bits per heavy atom. The molecule has 0 aliphatic rings. The summed E-state index contributed by atoms with van der Waals surface area (Å²) in [4.78, 5) is 0. The molecule has 0 aliphatic heterocycles. The van der Waals surface area contributed by atoms with Crippen LogP contribution in [-0.2, 0) is 5.11 Å². The topological polar surface area (TPSA) is 40.1 Å². The molecule has 0 aromatic carbocycles. The van der Waals surface area contributed by atoms with E-state index in [2.05, 4.69) is 0 Å². The average molecular weight is 91.1 g/mol. The molecule has 0 aromatic rings. The Morgan fingerprint density at radius 1 is 1.33 bits per heavy atom. The van der Waals surface area contributed by atoms with E-state index in [-0.39, 0.29) is 6.10 Å². The molecule has 0 saturated heterocycles. The second-order valence-corrected chi connectivity index (χ2v) is 1.09. The van der Waals surface area contributed by atoms with Gasteiger partial charge in [0.05, 0.1) is 7.11 Å². The van der Waals surface area contributed by atoms with Crippen LogP contribution >= 0.6 is 0 Å². The van der Waals surface area contributed by atoms with Crippen molar-refractivity contribution < 1.29 is 10.2 Å². The lowest BCUT2D eigenvalue weighted by molar-refractivity contribution is 0.216. The van der Waals surface area contributed by atoms with Gasteiger partial charge in [0.1, 0.15) is 0 Å². The van der Waals surface area contributed by atoms with Crippen LogP contribution < -0.4 is 0 Å². The van der Waals surface area contributed by atoms with Gasteiger partial charge in [-0.05, 0) is 13.8 Å². The van der Waals surface area contributed by atoms with Crippen LogP contribution in [0.1, 0.15) is 13.8 Å². The Balaban J connectivity index is 0. The molecule has 0 unspecified atom stereocenters. The summed E-state index contributed by atoms with van der Waals surface area (Å²) in [6.07, 6.45) is -0.167. The van der Waals surface area contributed by atoms with Crippen molar-refractivity contribution in [2.45, 2.75) is 20.0 Å². The van der Waals surface area contributed by atoms with Gasteiger partial charge in [0.2, 0.25) is 0 Å². The largest absolute Gasteiger partial charge is 0.394 e. The summed E-state index contributed by atoms with van der Waals surface area (Å²) in [5.74, 6) is 0. The Hall–Kier alpha value is -0.0800. The standard InChI is InChI=1S/C3H8O.CH3O/c1-3(2)4;1-2/h3-4H,1-2H3;1H3. The highest BCUT2D eigenvalue weighted by molar-refractivity contribution is 4.20. The second-order valence-electron chi connectivity index (χ2n) is 1.09. The maximum absolute atomic E-state index is 8.25. The Bertz CT molecular complexity index is 10.3. The van der Waals surface area contributed by atoms with Gasteiger partial charge in [-0.3, -0.25) is 0 Å². The molecular weight excluding hydrogens is 80.0 g/mol. The summed E-state index contributed by atoms with van der Waals surface area (Å²) in [5, 5.41) is 16.3. The van der Waals surface area contributed by atoms with Crippen LogP contribution in [0, 0.1) is 0 Å². The molecule has 0 amide bonds. The van der Waals surface area contributed by atoms with Gasteiger partial charge < -0.3 is 5.11 Å². The number of aliphatic hydroxyl groups excluding tert-OH is 1. The van der Waals surface area contributed by atoms with Crippen LogP contribution in [0.3, 0.4) is 0 Å². The maximum Gasteiger partial charge on any atom is 0.0712 e. The number of aliphatic hydroxyl groups is 1. The van der Waals surface area contributed by atoms with Crippen molar-refractivity contribution in [3.05, 3.63) is 0 Å². The van der Waals surface area contributed by atoms with E-state index in [1.54, 1.807) is 13.8 Å². The van der Waals surface area contributed by atoms with E-state index in [1.165, 1.54) is 0 Å². The molecule has 0 saturated carbocycles. The van der Waals surface area contributed by atoms with Gasteiger partial charge in [-0.2, -0.15) is 0 Å². The highest BCUT2D eigenvalue weighted by Gasteiger charge is 1.69. The van der Waals surface area contributed by atoms with Gasteiger partial charge in [-0.25, -0.2) is 5.11 Å². The molecule has 1 radical (unpaired) electrons. The van der Waals surface area contributed by atoms with Gasteiger partial charge in [0, 0.05) is 6.10 Å².